The van der Waals surface area contributed by atoms with Crippen LogP contribution >= 0.6 is 25.3 Å². The van der Waals surface area contributed by atoms with Crippen molar-refractivity contribution in [3.8, 4) is 0 Å². The molecule has 0 saturated carbocycles. The molecule has 0 rings (SSSR count). The summed E-state index contributed by atoms with van der Waals surface area (Å²) >= 11 is 7.38. The second-order valence-electron chi connectivity index (χ2n) is 1.09. The molecule has 48 valence electrons. The summed E-state index contributed by atoms with van der Waals surface area (Å²) in [6, 6.07) is 0. The van der Waals surface area contributed by atoms with E-state index in [1.165, 1.54) is 0 Å². The number of amides is 1. The molecule has 0 radical (unpaired) electrons. The van der Waals surface area contributed by atoms with Crippen LogP contribution in [0.3, 0.4) is 0 Å². The van der Waals surface area contributed by atoms with Crippen LogP contribution in [0.1, 0.15) is 0 Å². The number of hydrogen-bond donors (Lipinski definition) is 2. The van der Waals surface area contributed by atoms with Gasteiger partial charge < -0.3 is 14.8 Å². The number of thiol groups is 2. The van der Waals surface area contributed by atoms with Gasteiger partial charge >= 0.3 is 29.6 Å². The molecule has 6 heteroatoms. The maximum absolute atomic E-state index is 9.88. The first-order valence-electron chi connectivity index (χ1n) is 1.90. The number of hydrogen-bond acceptors (Lipinski definition) is 4. The molecule has 0 atom stereocenters. The molecule has 0 aliphatic heterocycles. The van der Waals surface area contributed by atoms with Crippen LogP contribution in [0.25, 0.3) is 0 Å². The molecule has 0 aliphatic rings. The van der Waals surface area contributed by atoms with E-state index in [-0.39, 0.29) is 41.3 Å². The Kier molecular flexibility index (Phi) is 9.94. The van der Waals surface area contributed by atoms with E-state index in [9.17, 15) is 9.90 Å². The van der Waals surface area contributed by atoms with Crippen LogP contribution in [0.5, 0.6) is 0 Å². The number of rotatable bonds is 2. The quantitative estimate of drug-likeness (QED) is 0.259. The summed E-state index contributed by atoms with van der Waals surface area (Å²) in [6.07, 6.45) is -1.24. The minimum absolute atomic E-state index is 0. The van der Waals surface area contributed by atoms with Crippen LogP contribution in [-0.2, 0) is 0 Å². The molecule has 3 nitrogen and oxygen atoms in total. The average molecular weight is 175 g/mol. The molecule has 0 bridgehead atoms. The fraction of sp³-hybridized carbons (Fsp3) is 0.667. The Hall–Kier alpha value is 0.970. The predicted octanol–water partition coefficient (Wildman–Crippen LogP) is -3.59. The molecule has 0 aromatic carbocycles. The first kappa shape index (κ1) is 12.6. The van der Waals surface area contributed by atoms with E-state index in [1.807, 2.05) is 0 Å². The summed E-state index contributed by atoms with van der Waals surface area (Å²) in [5.74, 6) is 0.262. The molecular formula is C3H6NNaO2S2. The van der Waals surface area contributed by atoms with Crippen molar-refractivity contribution in [2.24, 2.45) is 0 Å². The summed E-state index contributed by atoms with van der Waals surface area (Å²) in [5, 5.41) is 9.88. The molecule has 0 aliphatic carbocycles. The van der Waals surface area contributed by atoms with Gasteiger partial charge in [-0.05, 0) is 0 Å². The van der Waals surface area contributed by atoms with E-state index >= 15 is 0 Å². The Bertz CT molecular complexity index is 87.9. The third kappa shape index (κ3) is 5.42. The van der Waals surface area contributed by atoms with E-state index in [0.29, 0.717) is 0 Å². The van der Waals surface area contributed by atoms with Crippen molar-refractivity contribution < 1.29 is 39.5 Å². The summed E-state index contributed by atoms with van der Waals surface area (Å²) in [7, 11) is 0. The monoisotopic (exact) mass is 175 g/mol. The Balaban J connectivity index is 0. The molecule has 0 spiro atoms. The SMILES string of the molecule is O=C([O-])N(CS)CS.[Na+]. The number of carbonyl (C=O) groups is 1. The zero-order valence-corrected chi connectivity index (χ0v) is 8.86. The molecule has 0 aromatic heterocycles. The van der Waals surface area contributed by atoms with Gasteiger partial charge in [-0.1, -0.05) is 0 Å². The van der Waals surface area contributed by atoms with Crippen molar-refractivity contribution in [1.82, 2.24) is 4.90 Å². The van der Waals surface area contributed by atoms with Crippen molar-refractivity contribution in [2.45, 2.75) is 0 Å². The van der Waals surface area contributed by atoms with E-state index in [2.05, 4.69) is 25.3 Å². The topological polar surface area (TPSA) is 43.4 Å². The fourth-order valence-electron chi connectivity index (χ4n) is 0.160. The summed E-state index contributed by atoms with van der Waals surface area (Å²) < 4.78 is 0. The van der Waals surface area contributed by atoms with Crippen molar-refractivity contribution in [1.29, 1.82) is 0 Å². The van der Waals surface area contributed by atoms with E-state index < -0.39 is 6.09 Å². The van der Waals surface area contributed by atoms with Gasteiger partial charge in [0.05, 0.1) is 11.8 Å². The maximum Gasteiger partial charge on any atom is 1.00 e. The summed E-state index contributed by atoms with van der Waals surface area (Å²) in [6.45, 7) is 0. The standard InChI is InChI=1S/C3H7NO2S2.Na/c5-3(6)4(1-7)2-8;/h7-8H,1-2H2,(H,5,6);/q;+1/p-1. The van der Waals surface area contributed by atoms with Crippen molar-refractivity contribution >= 4 is 31.4 Å². The molecule has 9 heavy (non-hydrogen) atoms. The average Bonchev–Trinajstić information content (AvgIpc) is 1.69. The molecule has 0 N–H and O–H groups in total. The number of carbonyl (C=O) groups excluding carboxylic acids is 1. The molecule has 1 amide bonds. The second kappa shape index (κ2) is 7.08. The van der Waals surface area contributed by atoms with Gasteiger partial charge in [0.2, 0.25) is 0 Å². The smallest absolute Gasteiger partial charge is 0.530 e. The van der Waals surface area contributed by atoms with E-state index in [1.54, 1.807) is 0 Å². The maximum atomic E-state index is 9.88. The van der Waals surface area contributed by atoms with Gasteiger partial charge in [-0.2, -0.15) is 25.3 Å². The van der Waals surface area contributed by atoms with E-state index in [0.717, 1.165) is 4.90 Å². The fourth-order valence-corrected chi connectivity index (χ4v) is 0.749. The predicted molar refractivity (Wildman–Crippen MR) is 34.9 cm³/mol. The molecular weight excluding hydrogens is 169 g/mol. The summed E-state index contributed by atoms with van der Waals surface area (Å²) in [5.41, 5.74) is 0. The minimum atomic E-state index is -1.24. The van der Waals surface area contributed by atoms with Gasteiger partial charge in [-0.15, -0.1) is 0 Å². The Morgan fingerprint density at radius 1 is 1.44 bits per heavy atom. The Morgan fingerprint density at radius 3 is 1.78 bits per heavy atom. The normalized spacial score (nSPS) is 7.78. The third-order valence-electron chi connectivity index (χ3n) is 0.600. The zero-order chi connectivity index (χ0) is 6.57. The van der Waals surface area contributed by atoms with E-state index in [4.69, 9.17) is 0 Å². The van der Waals surface area contributed by atoms with Crippen LogP contribution in [0.4, 0.5) is 4.79 Å². The van der Waals surface area contributed by atoms with Crippen LogP contribution < -0.4 is 34.7 Å². The van der Waals surface area contributed by atoms with Gasteiger partial charge in [0.25, 0.3) is 0 Å². The Morgan fingerprint density at radius 2 is 1.78 bits per heavy atom. The number of carboxylic acid groups (broad SMARTS) is 1. The second-order valence-corrected chi connectivity index (χ2v) is 1.65. The zero-order valence-electron chi connectivity index (χ0n) is 5.07. The van der Waals surface area contributed by atoms with Gasteiger partial charge in [0, 0.05) is 0 Å². The minimum Gasteiger partial charge on any atom is -0.530 e. The molecule has 0 unspecified atom stereocenters. The number of nitrogens with zero attached hydrogens (tertiary/aromatic N) is 1. The van der Waals surface area contributed by atoms with Gasteiger partial charge in [0.1, 0.15) is 6.09 Å². The van der Waals surface area contributed by atoms with Crippen LogP contribution in [0.15, 0.2) is 0 Å². The van der Waals surface area contributed by atoms with Crippen LogP contribution in [0.2, 0.25) is 0 Å². The van der Waals surface area contributed by atoms with Crippen LogP contribution in [0, 0.1) is 0 Å². The van der Waals surface area contributed by atoms with Gasteiger partial charge in [-0.25, -0.2) is 0 Å². The third-order valence-corrected chi connectivity index (χ3v) is 1.28. The molecule has 0 saturated heterocycles. The van der Waals surface area contributed by atoms with Crippen molar-refractivity contribution in [2.75, 3.05) is 11.8 Å². The molecule has 0 fully saturated rings. The van der Waals surface area contributed by atoms with Gasteiger partial charge in [-0.3, -0.25) is 0 Å². The first-order valence-corrected chi connectivity index (χ1v) is 3.16. The molecule has 0 heterocycles. The van der Waals surface area contributed by atoms with Crippen molar-refractivity contribution in [3.63, 3.8) is 0 Å². The largest absolute Gasteiger partial charge is 1.00 e. The van der Waals surface area contributed by atoms with Gasteiger partial charge in [0.15, 0.2) is 0 Å². The first-order chi connectivity index (χ1) is 3.72. The van der Waals surface area contributed by atoms with Crippen LogP contribution in [-0.4, -0.2) is 22.7 Å². The summed E-state index contributed by atoms with van der Waals surface area (Å²) in [4.78, 5) is 10.8. The Labute approximate surface area is 86.9 Å². The molecule has 0 aromatic rings. The van der Waals surface area contributed by atoms with Crippen molar-refractivity contribution in [3.05, 3.63) is 0 Å².